The van der Waals surface area contributed by atoms with Crippen LogP contribution in [0.15, 0.2) is 16.6 Å². The van der Waals surface area contributed by atoms with Crippen LogP contribution in [0.5, 0.6) is 5.75 Å². The lowest BCUT2D eigenvalue weighted by Gasteiger charge is -2.10. The molecular weight excluding hydrogens is 282 g/mol. The molecule has 3 nitrogen and oxygen atoms in total. The number of rotatable bonds is 7. The molecule has 0 heterocycles. The van der Waals surface area contributed by atoms with Crippen LogP contribution in [0.25, 0.3) is 0 Å². The second-order valence-corrected chi connectivity index (χ2v) is 4.76. The normalized spacial score (nSPS) is 10.6. The Bertz CT molecular complexity index is 332. The summed E-state index contributed by atoms with van der Waals surface area (Å²) in [6.07, 6.45) is 0. The average Bonchev–Trinajstić information content (AvgIpc) is 2.30. The Kier molecular flexibility index (Phi) is 6.55. The topological polar surface area (TPSA) is 30.5 Å². The van der Waals surface area contributed by atoms with Gasteiger partial charge in [-0.25, -0.2) is 0 Å². The molecule has 0 bridgehead atoms. The zero-order chi connectivity index (χ0) is 12.7. The van der Waals surface area contributed by atoms with Gasteiger partial charge < -0.3 is 14.8 Å². The summed E-state index contributed by atoms with van der Waals surface area (Å²) >= 11 is 3.54. The summed E-state index contributed by atoms with van der Waals surface area (Å²) in [5.41, 5.74) is 2.40. The van der Waals surface area contributed by atoms with Gasteiger partial charge in [0.15, 0.2) is 0 Å². The Hall–Kier alpha value is -0.580. The molecule has 0 aliphatic rings. The molecular formula is C13H20BrNO2. The van der Waals surface area contributed by atoms with Gasteiger partial charge in [-0.3, -0.25) is 0 Å². The van der Waals surface area contributed by atoms with E-state index in [9.17, 15) is 0 Å². The van der Waals surface area contributed by atoms with Crippen molar-refractivity contribution in [1.29, 1.82) is 0 Å². The van der Waals surface area contributed by atoms with E-state index in [1.807, 2.05) is 12.1 Å². The van der Waals surface area contributed by atoms with Crippen molar-refractivity contribution in [3.8, 4) is 5.75 Å². The largest absolute Gasteiger partial charge is 0.492 e. The molecule has 0 saturated heterocycles. The smallest absolute Gasteiger partial charge is 0.119 e. The van der Waals surface area contributed by atoms with Crippen LogP contribution in [0.3, 0.4) is 0 Å². The van der Waals surface area contributed by atoms with E-state index in [1.54, 1.807) is 7.11 Å². The summed E-state index contributed by atoms with van der Waals surface area (Å²) in [4.78, 5) is 0. The summed E-state index contributed by atoms with van der Waals surface area (Å²) in [7, 11) is 1.70. The Morgan fingerprint density at radius 2 is 1.71 bits per heavy atom. The quantitative estimate of drug-likeness (QED) is 0.786. The minimum absolute atomic E-state index is 0.671. The Balaban J connectivity index is 2.32. The monoisotopic (exact) mass is 301 g/mol. The maximum Gasteiger partial charge on any atom is 0.119 e. The number of methoxy groups -OCH3 is 1. The van der Waals surface area contributed by atoms with Crippen LogP contribution in [-0.2, 0) is 4.74 Å². The van der Waals surface area contributed by atoms with E-state index in [0.717, 1.165) is 29.9 Å². The molecule has 0 radical (unpaired) electrons. The number of ether oxygens (including phenoxy) is 2. The van der Waals surface area contributed by atoms with Crippen LogP contribution in [0.2, 0.25) is 0 Å². The van der Waals surface area contributed by atoms with Crippen molar-refractivity contribution in [3.63, 3.8) is 0 Å². The Morgan fingerprint density at radius 1 is 1.12 bits per heavy atom. The standard InChI is InChI=1S/C13H20BrNO2/c1-10-8-12(9-11(2)13(10)14)17-7-5-15-4-6-16-3/h8-9,15H,4-7H2,1-3H3. The molecule has 1 rings (SSSR count). The van der Waals surface area contributed by atoms with Crippen LogP contribution in [0, 0.1) is 13.8 Å². The van der Waals surface area contributed by atoms with E-state index >= 15 is 0 Å². The minimum Gasteiger partial charge on any atom is -0.492 e. The highest BCUT2D eigenvalue weighted by Crippen LogP contribution is 2.26. The Morgan fingerprint density at radius 3 is 2.29 bits per heavy atom. The van der Waals surface area contributed by atoms with Crippen molar-refractivity contribution in [2.75, 3.05) is 33.4 Å². The Labute approximate surface area is 112 Å². The molecule has 0 saturated carbocycles. The number of nitrogens with one attached hydrogen (secondary N) is 1. The molecule has 4 heteroatoms. The lowest BCUT2D eigenvalue weighted by Crippen LogP contribution is -2.24. The number of aryl methyl sites for hydroxylation is 2. The van der Waals surface area contributed by atoms with Crippen molar-refractivity contribution in [2.24, 2.45) is 0 Å². The van der Waals surface area contributed by atoms with Crippen LogP contribution < -0.4 is 10.1 Å². The predicted octanol–water partition coefficient (Wildman–Crippen LogP) is 2.68. The molecule has 1 N–H and O–H groups in total. The second kappa shape index (κ2) is 7.69. The van der Waals surface area contributed by atoms with Crippen molar-refractivity contribution in [1.82, 2.24) is 5.32 Å². The fraction of sp³-hybridized carbons (Fsp3) is 0.538. The highest BCUT2D eigenvalue weighted by molar-refractivity contribution is 9.10. The van der Waals surface area contributed by atoms with Crippen molar-refractivity contribution < 1.29 is 9.47 Å². The van der Waals surface area contributed by atoms with Crippen molar-refractivity contribution in [3.05, 3.63) is 27.7 Å². The molecule has 0 atom stereocenters. The van der Waals surface area contributed by atoms with Crippen molar-refractivity contribution in [2.45, 2.75) is 13.8 Å². The van der Waals surface area contributed by atoms with Crippen LogP contribution >= 0.6 is 15.9 Å². The van der Waals surface area contributed by atoms with E-state index in [2.05, 4.69) is 35.1 Å². The van der Waals surface area contributed by atoms with Gasteiger partial charge in [-0.05, 0) is 37.1 Å². The lowest BCUT2D eigenvalue weighted by atomic mass is 10.1. The lowest BCUT2D eigenvalue weighted by molar-refractivity contribution is 0.197. The number of hydrogen-bond donors (Lipinski definition) is 1. The number of halogens is 1. The highest BCUT2D eigenvalue weighted by atomic mass is 79.9. The van der Waals surface area contributed by atoms with Crippen LogP contribution in [-0.4, -0.2) is 33.4 Å². The fourth-order valence-electron chi connectivity index (χ4n) is 1.53. The summed E-state index contributed by atoms with van der Waals surface area (Å²) in [5.74, 6) is 0.928. The first-order valence-corrected chi connectivity index (χ1v) is 6.53. The summed E-state index contributed by atoms with van der Waals surface area (Å²) in [6, 6.07) is 4.10. The van der Waals surface area contributed by atoms with E-state index in [-0.39, 0.29) is 0 Å². The fourth-order valence-corrected chi connectivity index (χ4v) is 1.76. The van der Waals surface area contributed by atoms with Gasteiger partial charge in [0, 0.05) is 24.7 Å². The van der Waals surface area contributed by atoms with Gasteiger partial charge in [-0.2, -0.15) is 0 Å². The maximum atomic E-state index is 5.68. The first-order chi connectivity index (χ1) is 8.15. The summed E-state index contributed by atoms with van der Waals surface area (Å²) < 4.78 is 11.8. The van der Waals surface area contributed by atoms with Gasteiger partial charge in [-0.15, -0.1) is 0 Å². The molecule has 96 valence electrons. The molecule has 0 aliphatic heterocycles. The van der Waals surface area contributed by atoms with Gasteiger partial charge in [0.25, 0.3) is 0 Å². The second-order valence-electron chi connectivity index (χ2n) is 3.96. The summed E-state index contributed by atoms with van der Waals surface area (Å²) in [6.45, 7) is 7.23. The van der Waals surface area contributed by atoms with Crippen LogP contribution in [0.1, 0.15) is 11.1 Å². The third kappa shape index (κ3) is 5.06. The first kappa shape index (κ1) is 14.5. The molecule has 0 fully saturated rings. The van der Waals surface area contributed by atoms with E-state index in [0.29, 0.717) is 6.61 Å². The minimum atomic E-state index is 0.671. The van der Waals surface area contributed by atoms with Crippen LogP contribution in [0.4, 0.5) is 0 Å². The van der Waals surface area contributed by atoms with Gasteiger partial charge in [0.05, 0.1) is 6.61 Å². The van der Waals surface area contributed by atoms with Gasteiger partial charge in [0.2, 0.25) is 0 Å². The molecule has 1 aromatic rings. The van der Waals surface area contributed by atoms with Gasteiger partial charge in [0.1, 0.15) is 12.4 Å². The van der Waals surface area contributed by atoms with Crippen molar-refractivity contribution >= 4 is 15.9 Å². The average molecular weight is 302 g/mol. The third-order valence-electron chi connectivity index (χ3n) is 2.44. The molecule has 17 heavy (non-hydrogen) atoms. The highest BCUT2D eigenvalue weighted by Gasteiger charge is 2.02. The molecule has 1 aromatic carbocycles. The van der Waals surface area contributed by atoms with Gasteiger partial charge in [-0.1, -0.05) is 15.9 Å². The van der Waals surface area contributed by atoms with E-state index in [4.69, 9.17) is 9.47 Å². The first-order valence-electron chi connectivity index (χ1n) is 5.74. The molecule has 0 aromatic heterocycles. The number of benzene rings is 1. The molecule has 0 spiro atoms. The zero-order valence-electron chi connectivity index (χ0n) is 10.7. The zero-order valence-corrected chi connectivity index (χ0v) is 12.3. The molecule has 0 amide bonds. The summed E-state index contributed by atoms with van der Waals surface area (Å²) in [5, 5.41) is 3.24. The third-order valence-corrected chi connectivity index (χ3v) is 3.69. The SMILES string of the molecule is COCCNCCOc1cc(C)c(Br)c(C)c1. The predicted molar refractivity (Wildman–Crippen MR) is 73.9 cm³/mol. The van der Waals surface area contributed by atoms with Gasteiger partial charge >= 0.3 is 0 Å². The number of hydrogen-bond acceptors (Lipinski definition) is 3. The van der Waals surface area contributed by atoms with E-state index in [1.165, 1.54) is 11.1 Å². The molecule has 0 aliphatic carbocycles. The maximum absolute atomic E-state index is 5.68. The van der Waals surface area contributed by atoms with E-state index < -0.39 is 0 Å². The molecule has 0 unspecified atom stereocenters.